The van der Waals surface area contributed by atoms with Crippen molar-refractivity contribution in [3.8, 4) is 0 Å². The Balaban J connectivity index is 1.96. The summed E-state index contributed by atoms with van der Waals surface area (Å²) in [5.41, 5.74) is 5.75. The average molecular weight is 282 g/mol. The molecule has 108 valence electrons. The number of anilines is 1. The monoisotopic (exact) mass is 282 g/mol. The van der Waals surface area contributed by atoms with Gasteiger partial charge in [0.25, 0.3) is 5.69 Å². The van der Waals surface area contributed by atoms with E-state index in [1.165, 1.54) is 11.1 Å². The lowest BCUT2D eigenvalue weighted by molar-refractivity contribution is -0.385. The van der Waals surface area contributed by atoms with E-state index in [0.29, 0.717) is 0 Å². The number of hydrogen-bond donors (Lipinski definition) is 0. The zero-order valence-electron chi connectivity index (χ0n) is 12.3. The first-order valence-electron chi connectivity index (χ1n) is 7.13. The molecule has 1 heterocycles. The van der Waals surface area contributed by atoms with Crippen molar-refractivity contribution in [1.29, 1.82) is 0 Å². The molecule has 0 saturated carbocycles. The van der Waals surface area contributed by atoms with Crippen LogP contribution in [0.3, 0.4) is 0 Å². The molecule has 0 fully saturated rings. The fourth-order valence-corrected chi connectivity index (χ4v) is 3.02. The maximum absolute atomic E-state index is 11.0. The summed E-state index contributed by atoms with van der Waals surface area (Å²) < 4.78 is 0. The Labute approximate surface area is 124 Å². The standard InChI is InChI=1S/C17H18N2O2/c1-12-10-17(19(20)21)13(2)9-16(12)18-8-7-14-5-3-4-6-15(14)11-18/h3-6,9-10H,7-8,11H2,1-2H3. The van der Waals surface area contributed by atoms with Gasteiger partial charge in [-0.3, -0.25) is 10.1 Å². The molecule has 21 heavy (non-hydrogen) atoms. The van der Waals surface area contributed by atoms with E-state index >= 15 is 0 Å². The van der Waals surface area contributed by atoms with E-state index in [2.05, 4.69) is 29.2 Å². The van der Waals surface area contributed by atoms with Crippen molar-refractivity contribution >= 4 is 11.4 Å². The van der Waals surface area contributed by atoms with Gasteiger partial charge < -0.3 is 4.90 Å². The molecule has 0 N–H and O–H groups in total. The Bertz CT molecular complexity index is 710. The second-order valence-corrected chi connectivity index (χ2v) is 5.62. The van der Waals surface area contributed by atoms with E-state index in [1.807, 2.05) is 13.0 Å². The number of nitro groups is 1. The molecule has 0 bridgehead atoms. The van der Waals surface area contributed by atoms with Crippen LogP contribution in [0.15, 0.2) is 36.4 Å². The van der Waals surface area contributed by atoms with Gasteiger partial charge in [0, 0.05) is 30.4 Å². The molecule has 1 aliphatic heterocycles. The third-order valence-corrected chi connectivity index (χ3v) is 4.18. The average Bonchev–Trinajstić information content (AvgIpc) is 2.48. The second kappa shape index (κ2) is 5.20. The summed E-state index contributed by atoms with van der Waals surface area (Å²) in [4.78, 5) is 13.0. The minimum atomic E-state index is -0.308. The van der Waals surface area contributed by atoms with Gasteiger partial charge in [0.05, 0.1) is 4.92 Å². The zero-order valence-corrected chi connectivity index (χ0v) is 12.3. The summed E-state index contributed by atoms with van der Waals surface area (Å²) in [6.07, 6.45) is 1.02. The van der Waals surface area contributed by atoms with E-state index in [-0.39, 0.29) is 10.6 Å². The molecule has 0 aliphatic carbocycles. The summed E-state index contributed by atoms with van der Waals surface area (Å²) in [7, 11) is 0. The summed E-state index contributed by atoms with van der Waals surface area (Å²) in [5, 5.41) is 11.0. The van der Waals surface area contributed by atoms with Crippen LogP contribution in [0.4, 0.5) is 11.4 Å². The molecule has 2 aromatic carbocycles. The van der Waals surface area contributed by atoms with Crippen LogP contribution < -0.4 is 4.90 Å². The Morgan fingerprint density at radius 2 is 1.81 bits per heavy atom. The van der Waals surface area contributed by atoms with Crippen LogP contribution in [0.2, 0.25) is 0 Å². The summed E-state index contributed by atoms with van der Waals surface area (Å²) in [5.74, 6) is 0. The SMILES string of the molecule is Cc1cc([N+](=O)[O-])c(C)cc1N1CCc2ccccc2C1. The van der Waals surface area contributed by atoms with Gasteiger partial charge in [-0.2, -0.15) is 0 Å². The van der Waals surface area contributed by atoms with Gasteiger partial charge in [-0.15, -0.1) is 0 Å². The van der Waals surface area contributed by atoms with Crippen LogP contribution in [0, 0.1) is 24.0 Å². The van der Waals surface area contributed by atoms with Crippen LogP contribution in [0.5, 0.6) is 0 Å². The normalized spacial score (nSPS) is 13.9. The fourth-order valence-electron chi connectivity index (χ4n) is 3.02. The van der Waals surface area contributed by atoms with Crippen molar-refractivity contribution in [3.63, 3.8) is 0 Å². The van der Waals surface area contributed by atoms with E-state index < -0.39 is 0 Å². The van der Waals surface area contributed by atoms with E-state index in [1.54, 1.807) is 13.0 Å². The number of fused-ring (bicyclic) bond motifs is 1. The van der Waals surface area contributed by atoms with Crippen molar-refractivity contribution in [1.82, 2.24) is 0 Å². The van der Waals surface area contributed by atoms with Crippen LogP contribution in [-0.4, -0.2) is 11.5 Å². The molecule has 0 aromatic heterocycles. The number of benzene rings is 2. The first kappa shape index (κ1) is 13.6. The Morgan fingerprint density at radius 1 is 1.10 bits per heavy atom. The maximum atomic E-state index is 11.0. The third kappa shape index (κ3) is 2.49. The fraction of sp³-hybridized carbons (Fsp3) is 0.294. The van der Waals surface area contributed by atoms with Crippen molar-refractivity contribution in [2.75, 3.05) is 11.4 Å². The minimum absolute atomic E-state index is 0.202. The van der Waals surface area contributed by atoms with Crippen LogP contribution in [0.1, 0.15) is 22.3 Å². The molecule has 0 spiro atoms. The number of nitro benzene ring substituents is 1. The van der Waals surface area contributed by atoms with E-state index in [9.17, 15) is 10.1 Å². The Hall–Kier alpha value is -2.36. The highest BCUT2D eigenvalue weighted by Crippen LogP contribution is 2.31. The maximum Gasteiger partial charge on any atom is 0.272 e. The molecule has 3 rings (SSSR count). The van der Waals surface area contributed by atoms with Crippen LogP contribution >= 0.6 is 0 Å². The van der Waals surface area contributed by atoms with Gasteiger partial charge in [0.2, 0.25) is 0 Å². The van der Waals surface area contributed by atoms with Gasteiger partial charge in [0.15, 0.2) is 0 Å². The molecule has 0 amide bonds. The number of aryl methyl sites for hydroxylation is 2. The van der Waals surface area contributed by atoms with E-state index in [0.717, 1.165) is 36.3 Å². The molecule has 2 aromatic rings. The predicted molar refractivity (Wildman–Crippen MR) is 83.8 cm³/mol. The van der Waals surface area contributed by atoms with Gasteiger partial charge in [0.1, 0.15) is 0 Å². The predicted octanol–water partition coefficient (Wildman–Crippen LogP) is 3.77. The third-order valence-electron chi connectivity index (χ3n) is 4.18. The summed E-state index contributed by atoms with van der Waals surface area (Å²) in [6.45, 7) is 5.57. The molecule has 0 radical (unpaired) electrons. The Kier molecular flexibility index (Phi) is 3.37. The quantitative estimate of drug-likeness (QED) is 0.622. The summed E-state index contributed by atoms with van der Waals surface area (Å²) >= 11 is 0. The van der Waals surface area contributed by atoms with Crippen molar-refractivity contribution in [2.45, 2.75) is 26.8 Å². The largest absolute Gasteiger partial charge is 0.367 e. The lowest BCUT2D eigenvalue weighted by atomic mass is 9.98. The van der Waals surface area contributed by atoms with Crippen molar-refractivity contribution in [3.05, 3.63) is 68.8 Å². The minimum Gasteiger partial charge on any atom is -0.367 e. The number of nitrogens with zero attached hydrogens (tertiary/aromatic N) is 2. The lowest BCUT2D eigenvalue weighted by Gasteiger charge is -2.32. The smallest absolute Gasteiger partial charge is 0.272 e. The van der Waals surface area contributed by atoms with Gasteiger partial charge in [-0.25, -0.2) is 0 Å². The van der Waals surface area contributed by atoms with Crippen LogP contribution in [0.25, 0.3) is 0 Å². The molecule has 0 saturated heterocycles. The number of hydrogen-bond acceptors (Lipinski definition) is 3. The molecule has 4 heteroatoms. The molecule has 0 unspecified atom stereocenters. The van der Waals surface area contributed by atoms with Gasteiger partial charge >= 0.3 is 0 Å². The highest BCUT2D eigenvalue weighted by molar-refractivity contribution is 5.61. The van der Waals surface area contributed by atoms with Crippen molar-refractivity contribution < 1.29 is 4.92 Å². The highest BCUT2D eigenvalue weighted by Gasteiger charge is 2.20. The highest BCUT2D eigenvalue weighted by atomic mass is 16.6. The second-order valence-electron chi connectivity index (χ2n) is 5.62. The lowest BCUT2D eigenvalue weighted by Crippen LogP contribution is -2.30. The van der Waals surface area contributed by atoms with Gasteiger partial charge in [-0.1, -0.05) is 24.3 Å². The molecular formula is C17H18N2O2. The summed E-state index contributed by atoms with van der Waals surface area (Å²) in [6, 6.07) is 12.1. The van der Waals surface area contributed by atoms with E-state index in [4.69, 9.17) is 0 Å². The first-order valence-corrected chi connectivity index (χ1v) is 7.13. The Morgan fingerprint density at radius 3 is 2.52 bits per heavy atom. The van der Waals surface area contributed by atoms with Crippen molar-refractivity contribution in [2.24, 2.45) is 0 Å². The first-order chi connectivity index (χ1) is 10.1. The zero-order chi connectivity index (χ0) is 15.0. The molecule has 4 nitrogen and oxygen atoms in total. The topological polar surface area (TPSA) is 46.4 Å². The molecule has 1 aliphatic rings. The molecular weight excluding hydrogens is 264 g/mol. The molecule has 0 atom stereocenters. The van der Waals surface area contributed by atoms with Gasteiger partial charge in [-0.05, 0) is 43.0 Å². The van der Waals surface area contributed by atoms with Crippen LogP contribution in [-0.2, 0) is 13.0 Å². The number of rotatable bonds is 2.